The lowest BCUT2D eigenvalue weighted by Crippen LogP contribution is -2.14. The van der Waals surface area contributed by atoms with Crippen LogP contribution in [0.4, 0.5) is 0 Å². The lowest BCUT2D eigenvalue weighted by Gasteiger charge is -2.19. The molecule has 0 aliphatic carbocycles. The number of nitrogens with zero attached hydrogens (tertiary/aromatic N) is 3. The van der Waals surface area contributed by atoms with Gasteiger partial charge in [-0.05, 0) is 38.8 Å². The first-order valence-corrected chi connectivity index (χ1v) is 9.83. The number of rotatable bonds is 6. The van der Waals surface area contributed by atoms with Crippen LogP contribution in [0, 0.1) is 6.92 Å². The molecule has 1 fully saturated rings. The molecule has 0 N–H and O–H groups in total. The number of pyridine rings is 2. The summed E-state index contributed by atoms with van der Waals surface area (Å²) in [4.78, 5) is 21.9. The molecule has 1 saturated heterocycles. The van der Waals surface area contributed by atoms with Gasteiger partial charge >= 0.3 is 0 Å². The zero-order valence-corrected chi connectivity index (χ0v) is 16.4. The molecule has 1 aliphatic heterocycles. The van der Waals surface area contributed by atoms with Gasteiger partial charge in [0.1, 0.15) is 17.1 Å². The van der Waals surface area contributed by atoms with Crippen LogP contribution >= 0.6 is 0 Å². The van der Waals surface area contributed by atoms with E-state index in [1.165, 1.54) is 0 Å². The van der Waals surface area contributed by atoms with Crippen LogP contribution in [0.1, 0.15) is 53.1 Å². The lowest BCUT2D eigenvalue weighted by atomic mass is 9.97. The van der Waals surface area contributed by atoms with E-state index in [-0.39, 0.29) is 12.2 Å². The number of ketones is 1. The van der Waals surface area contributed by atoms with E-state index in [1.54, 1.807) is 6.07 Å². The first-order valence-electron chi connectivity index (χ1n) is 9.83. The van der Waals surface area contributed by atoms with E-state index in [1.807, 2.05) is 42.6 Å². The van der Waals surface area contributed by atoms with E-state index in [2.05, 4.69) is 11.2 Å². The minimum Gasteiger partial charge on any atom is -0.493 e. The van der Waals surface area contributed by atoms with Crippen molar-refractivity contribution in [1.29, 1.82) is 0 Å². The van der Waals surface area contributed by atoms with E-state index >= 15 is 0 Å². The highest BCUT2D eigenvalue weighted by Crippen LogP contribution is 2.29. The van der Waals surface area contributed by atoms with Crippen LogP contribution in [0.3, 0.4) is 0 Å². The van der Waals surface area contributed by atoms with Gasteiger partial charge in [-0.3, -0.25) is 9.78 Å². The molecule has 28 heavy (non-hydrogen) atoms. The van der Waals surface area contributed by atoms with Crippen LogP contribution < -0.4 is 4.74 Å². The van der Waals surface area contributed by atoms with E-state index < -0.39 is 0 Å². The molecule has 6 heteroatoms. The van der Waals surface area contributed by atoms with Gasteiger partial charge in [-0.15, -0.1) is 0 Å². The van der Waals surface area contributed by atoms with Crippen molar-refractivity contribution in [2.75, 3.05) is 19.8 Å². The molecular weight excluding hydrogens is 354 g/mol. The fourth-order valence-electron chi connectivity index (χ4n) is 3.65. The summed E-state index contributed by atoms with van der Waals surface area (Å²) in [5.41, 5.74) is 4.08. The second-order valence-electron chi connectivity index (χ2n) is 7.18. The number of aromatic nitrogens is 3. The van der Waals surface area contributed by atoms with Crippen LogP contribution in [0.25, 0.3) is 5.65 Å². The molecule has 3 aromatic heterocycles. The second kappa shape index (κ2) is 8.10. The lowest BCUT2D eigenvalue weighted by molar-refractivity contribution is 0.0846. The Balaban J connectivity index is 1.65. The first kappa shape index (κ1) is 18.6. The van der Waals surface area contributed by atoms with Gasteiger partial charge in [-0.1, -0.05) is 6.07 Å². The molecule has 6 nitrogen and oxygen atoms in total. The third kappa shape index (κ3) is 3.92. The summed E-state index contributed by atoms with van der Waals surface area (Å²) in [7, 11) is 0. The maximum Gasteiger partial charge on any atom is 0.185 e. The van der Waals surface area contributed by atoms with Gasteiger partial charge in [0.15, 0.2) is 5.78 Å². The predicted octanol–water partition coefficient (Wildman–Crippen LogP) is 3.76. The molecular formula is C22H25N3O3. The zero-order chi connectivity index (χ0) is 19.5. The Bertz CT molecular complexity index is 990. The maximum absolute atomic E-state index is 12.8. The van der Waals surface area contributed by atoms with Crippen molar-refractivity contribution in [3.05, 3.63) is 59.3 Å². The summed E-state index contributed by atoms with van der Waals surface area (Å²) in [6.45, 7) is 5.93. The molecule has 0 spiro atoms. The van der Waals surface area contributed by atoms with Crippen LogP contribution in [0.2, 0.25) is 0 Å². The molecule has 0 saturated carbocycles. The van der Waals surface area contributed by atoms with Crippen molar-refractivity contribution in [3.63, 3.8) is 0 Å². The van der Waals surface area contributed by atoms with Gasteiger partial charge < -0.3 is 13.9 Å². The molecule has 0 aromatic carbocycles. The molecule has 4 heterocycles. The van der Waals surface area contributed by atoms with Crippen molar-refractivity contribution < 1.29 is 14.3 Å². The summed E-state index contributed by atoms with van der Waals surface area (Å²) in [5, 5.41) is 0. The Morgan fingerprint density at radius 3 is 2.82 bits per heavy atom. The Morgan fingerprint density at radius 2 is 2.07 bits per heavy atom. The summed E-state index contributed by atoms with van der Waals surface area (Å²) < 4.78 is 13.3. The predicted molar refractivity (Wildman–Crippen MR) is 106 cm³/mol. The van der Waals surface area contributed by atoms with Gasteiger partial charge in [0, 0.05) is 55.3 Å². The number of carbonyl (C=O) groups excluding carboxylic acids is 1. The highest BCUT2D eigenvalue weighted by molar-refractivity contribution is 5.96. The number of fused-ring (bicyclic) bond motifs is 1. The number of hydrogen-bond donors (Lipinski definition) is 0. The molecule has 3 aromatic rings. The first-order chi connectivity index (χ1) is 13.6. The van der Waals surface area contributed by atoms with E-state index in [9.17, 15) is 4.79 Å². The summed E-state index contributed by atoms with van der Waals surface area (Å²) in [5.74, 6) is 1.11. The maximum atomic E-state index is 12.8. The Labute approximate surface area is 164 Å². The van der Waals surface area contributed by atoms with Gasteiger partial charge in [0.05, 0.1) is 12.3 Å². The second-order valence-corrected chi connectivity index (χ2v) is 7.18. The Morgan fingerprint density at radius 1 is 1.25 bits per heavy atom. The summed E-state index contributed by atoms with van der Waals surface area (Å²) in [6, 6.07) is 7.43. The SMILES string of the molecule is CCOc1cc2nc(C3CCOCC3)cn2cc1CC(=O)c1cccc(C)n1. The van der Waals surface area contributed by atoms with Crippen molar-refractivity contribution >= 4 is 11.4 Å². The average Bonchev–Trinajstić information content (AvgIpc) is 3.12. The Hall–Kier alpha value is -2.73. The van der Waals surface area contributed by atoms with E-state index in [4.69, 9.17) is 14.5 Å². The zero-order valence-electron chi connectivity index (χ0n) is 16.4. The highest BCUT2D eigenvalue weighted by Gasteiger charge is 2.20. The van der Waals surface area contributed by atoms with E-state index in [0.717, 1.165) is 48.7 Å². The molecule has 0 amide bonds. The minimum atomic E-state index is -0.0197. The van der Waals surface area contributed by atoms with Gasteiger partial charge in [0.25, 0.3) is 0 Å². The standard InChI is InChI=1S/C22H25N3O3/c1-3-28-21-12-22-24-19(16-7-9-27-10-8-16)14-25(22)13-17(21)11-20(26)18-6-4-5-15(2)23-18/h4-6,12-14,16H,3,7-11H2,1-2H3. The quantitative estimate of drug-likeness (QED) is 0.610. The Kier molecular flexibility index (Phi) is 5.39. The van der Waals surface area contributed by atoms with Crippen molar-refractivity contribution in [2.24, 2.45) is 0 Å². The van der Waals surface area contributed by atoms with Gasteiger partial charge in [-0.25, -0.2) is 4.98 Å². The van der Waals surface area contributed by atoms with Gasteiger partial charge in [-0.2, -0.15) is 0 Å². The fourth-order valence-corrected chi connectivity index (χ4v) is 3.65. The molecule has 0 bridgehead atoms. The van der Waals surface area contributed by atoms with E-state index in [0.29, 0.717) is 24.0 Å². The number of aryl methyl sites for hydroxylation is 1. The van der Waals surface area contributed by atoms with Crippen LogP contribution in [0.5, 0.6) is 5.75 Å². The number of carbonyl (C=O) groups is 1. The van der Waals surface area contributed by atoms with Crippen molar-refractivity contribution in [2.45, 2.75) is 39.0 Å². The summed E-state index contributed by atoms with van der Waals surface area (Å²) in [6.07, 6.45) is 6.26. The summed E-state index contributed by atoms with van der Waals surface area (Å²) >= 11 is 0. The monoisotopic (exact) mass is 379 g/mol. The normalized spacial score (nSPS) is 15.1. The van der Waals surface area contributed by atoms with Crippen molar-refractivity contribution in [3.8, 4) is 5.75 Å². The highest BCUT2D eigenvalue weighted by atomic mass is 16.5. The third-order valence-electron chi connectivity index (χ3n) is 5.12. The van der Waals surface area contributed by atoms with Crippen LogP contribution in [0.15, 0.2) is 36.7 Å². The van der Waals surface area contributed by atoms with Gasteiger partial charge in [0.2, 0.25) is 0 Å². The minimum absolute atomic E-state index is 0.0197. The third-order valence-corrected chi connectivity index (χ3v) is 5.12. The number of imidazole rings is 1. The van der Waals surface area contributed by atoms with Crippen LogP contribution in [-0.4, -0.2) is 40.0 Å². The molecule has 0 unspecified atom stereocenters. The largest absolute Gasteiger partial charge is 0.493 e. The molecule has 1 aliphatic rings. The molecule has 4 rings (SSSR count). The molecule has 0 atom stereocenters. The topological polar surface area (TPSA) is 65.7 Å². The fraction of sp³-hybridized carbons (Fsp3) is 0.409. The number of Topliss-reactive ketones (excluding diaryl/α,β-unsaturated/α-hetero) is 1. The average molecular weight is 379 g/mol. The number of ether oxygens (including phenoxy) is 2. The molecule has 146 valence electrons. The molecule has 0 radical (unpaired) electrons. The smallest absolute Gasteiger partial charge is 0.185 e. The van der Waals surface area contributed by atoms with Crippen LogP contribution in [-0.2, 0) is 11.2 Å². The number of hydrogen-bond acceptors (Lipinski definition) is 5. The van der Waals surface area contributed by atoms with Crippen molar-refractivity contribution in [1.82, 2.24) is 14.4 Å².